The number of nitrogens with zero attached hydrogens (tertiary/aromatic N) is 4. The Morgan fingerprint density at radius 3 is 2.60 bits per heavy atom. The molecule has 0 atom stereocenters. The molecule has 0 saturated carbocycles. The van der Waals surface area contributed by atoms with Crippen LogP contribution in [0.2, 0.25) is 0 Å². The molecule has 10 heteroatoms. The molecular weight excluding hydrogens is 413 g/mol. The van der Waals surface area contributed by atoms with E-state index in [9.17, 15) is 13.2 Å². The average molecular weight is 437 g/mol. The van der Waals surface area contributed by atoms with Gasteiger partial charge in [-0.2, -0.15) is 13.2 Å². The van der Waals surface area contributed by atoms with E-state index in [1.165, 1.54) is 0 Å². The van der Waals surface area contributed by atoms with Crippen LogP contribution in [0.3, 0.4) is 0 Å². The zero-order chi connectivity index (χ0) is 21.7. The minimum Gasteiger partial charge on any atom is -0.363 e. The minimum absolute atomic E-state index is 0.379. The highest BCUT2D eigenvalue weighted by atomic mass is 32.1. The van der Waals surface area contributed by atoms with Crippen LogP contribution in [0.4, 0.5) is 19.0 Å². The van der Waals surface area contributed by atoms with Crippen molar-refractivity contribution in [3.63, 3.8) is 0 Å². The van der Waals surface area contributed by atoms with E-state index >= 15 is 0 Å². The molecule has 2 aromatic heterocycles. The first-order chi connectivity index (χ1) is 14.3. The average Bonchev–Trinajstić information content (AvgIpc) is 3.19. The molecule has 0 bridgehead atoms. The summed E-state index contributed by atoms with van der Waals surface area (Å²) in [5.41, 5.74) is 1.14. The molecule has 3 aromatic rings. The molecule has 30 heavy (non-hydrogen) atoms. The number of aliphatic imine (C=N–C) groups is 1. The standard InChI is InChI=1S/C20H23F3N6S/c1-24-19(25-9-8-18-28-16(12-30-18)20(21,22)23)26-11-13-10-17(29(2)3)27-15-7-5-4-6-14(13)15/h4-7,10,12H,8-9,11H2,1-3H3,(H2,24,25,26). The van der Waals surface area contributed by atoms with Gasteiger partial charge in [-0.15, -0.1) is 11.3 Å². The predicted octanol–water partition coefficient (Wildman–Crippen LogP) is 3.68. The third kappa shape index (κ3) is 5.38. The van der Waals surface area contributed by atoms with Gasteiger partial charge in [-0.3, -0.25) is 4.99 Å². The zero-order valence-corrected chi connectivity index (χ0v) is 17.7. The number of fused-ring (bicyclic) bond motifs is 1. The number of alkyl halides is 3. The lowest BCUT2D eigenvalue weighted by Gasteiger charge is -2.16. The van der Waals surface area contributed by atoms with E-state index in [1.54, 1.807) is 7.05 Å². The number of pyridine rings is 1. The molecule has 2 N–H and O–H groups in total. The quantitative estimate of drug-likeness (QED) is 0.456. The second kappa shape index (κ2) is 9.29. The molecule has 0 unspecified atom stereocenters. The van der Waals surface area contributed by atoms with Crippen LogP contribution in [-0.2, 0) is 19.1 Å². The summed E-state index contributed by atoms with van der Waals surface area (Å²) in [5.74, 6) is 1.42. The van der Waals surface area contributed by atoms with Gasteiger partial charge in [0.2, 0.25) is 0 Å². The lowest BCUT2D eigenvalue weighted by atomic mass is 10.1. The fraction of sp³-hybridized carbons (Fsp3) is 0.350. The highest BCUT2D eigenvalue weighted by molar-refractivity contribution is 7.09. The lowest BCUT2D eigenvalue weighted by Crippen LogP contribution is -2.38. The van der Waals surface area contributed by atoms with Gasteiger partial charge in [0.15, 0.2) is 11.7 Å². The van der Waals surface area contributed by atoms with Crippen molar-refractivity contribution in [2.75, 3.05) is 32.6 Å². The number of para-hydroxylation sites is 1. The largest absolute Gasteiger partial charge is 0.434 e. The van der Waals surface area contributed by atoms with E-state index in [1.807, 2.05) is 49.3 Å². The Morgan fingerprint density at radius 2 is 1.93 bits per heavy atom. The number of anilines is 1. The van der Waals surface area contributed by atoms with Crippen LogP contribution in [0.15, 0.2) is 40.7 Å². The Hall–Kier alpha value is -2.88. The first-order valence-electron chi connectivity index (χ1n) is 9.30. The summed E-state index contributed by atoms with van der Waals surface area (Å²) in [5, 5.41) is 8.90. The van der Waals surface area contributed by atoms with Gasteiger partial charge < -0.3 is 15.5 Å². The van der Waals surface area contributed by atoms with Gasteiger partial charge in [0.05, 0.1) is 10.5 Å². The summed E-state index contributed by atoms with van der Waals surface area (Å²) in [6, 6.07) is 9.95. The monoisotopic (exact) mass is 436 g/mol. The van der Waals surface area contributed by atoms with Gasteiger partial charge >= 0.3 is 6.18 Å². The van der Waals surface area contributed by atoms with Crippen LogP contribution >= 0.6 is 11.3 Å². The lowest BCUT2D eigenvalue weighted by molar-refractivity contribution is -0.140. The second-order valence-electron chi connectivity index (χ2n) is 6.78. The van der Waals surface area contributed by atoms with Gasteiger partial charge in [-0.1, -0.05) is 18.2 Å². The number of hydrogen-bond acceptors (Lipinski definition) is 5. The Labute approximate surface area is 176 Å². The molecule has 0 saturated heterocycles. The number of nitrogens with one attached hydrogen (secondary N) is 2. The van der Waals surface area contributed by atoms with Crippen molar-refractivity contribution in [2.45, 2.75) is 19.1 Å². The molecule has 0 spiro atoms. The first kappa shape index (κ1) is 21.8. The van der Waals surface area contributed by atoms with Crippen LogP contribution in [0.1, 0.15) is 16.3 Å². The smallest absolute Gasteiger partial charge is 0.363 e. The topological polar surface area (TPSA) is 65.4 Å². The maximum absolute atomic E-state index is 12.6. The summed E-state index contributed by atoms with van der Waals surface area (Å²) in [6.07, 6.45) is -4.02. The van der Waals surface area contributed by atoms with E-state index in [0.29, 0.717) is 30.5 Å². The van der Waals surface area contributed by atoms with Gasteiger partial charge in [0.1, 0.15) is 5.82 Å². The fourth-order valence-corrected chi connectivity index (χ4v) is 3.66. The normalized spacial score (nSPS) is 12.3. The minimum atomic E-state index is -4.40. The number of hydrogen-bond donors (Lipinski definition) is 2. The van der Waals surface area contributed by atoms with E-state index in [4.69, 9.17) is 0 Å². The molecule has 0 amide bonds. The summed E-state index contributed by atoms with van der Waals surface area (Å²) >= 11 is 1.01. The maximum atomic E-state index is 12.6. The molecular formula is C20H23F3N6S. The summed E-state index contributed by atoms with van der Waals surface area (Å²) in [6.45, 7) is 0.948. The van der Waals surface area contributed by atoms with Gasteiger partial charge in [-0.25, -0.2) is 9.97 Å². The van der Waals surface area contributed by atoms with Crippen molar-refractivity contribution in [2.24, 2.45) is 4.99 Å². The molecule has 160 valence electrons. The summed E-state index contributed by atoms with van der Waals surface area (Å²) in [7, 11) is 5.53. The van der Waals surface area contributed by atoms with Crippen molar-refractivity contribution >= 4 is 34.0 Å². The van der Waals surface area contributed by atoms with Crippen molar-refractivity contribution in [1.29, 1.82) is 0 Å². The van der Waals surface area contributed by atoms with Crippen molar-refractivity contribution in [1.82, 2.24) is 20.6 Å². The molecule has 3 rings (SSSR count). The molecule has 0 aliphatic rings. The number of benzene rings is 1. The van der Waals surface area contributed by atoms with E-state index in [-0.39, 0.29) is 0 Å². The third-order valence-corrected chi connectivity index (χ3v) is 5.30. The molecule has 2 heterocycles. The van der Waals surface area contributed by atoms with Crippen LogP contribution < -0.4 is 15.5 Å². The second-order valence-corrected chi connectivity index (χ2v) is 7.72. The third-order valence-electron chi connectivity index (χ3n) is 4.39. The molecule has 6 nitrogen and oxygen atoms in total. The van der Waals surface area contributed by atoms with Gasteiger partial charge in [0, 0.05) is 51.4 Å². The molecule has 0 aliphatic carbocycles. The highest BCUT2D eigenvalue weighted by Gasteiger charge is 2.33. The molecule has 0 fully saturated rings. The number of guanidine groups is 1. The summed E-state index contributed by atoms with van der Waals surface area (Å²) in [4.78, 5) is 14.4. The van der Waals surface area contributed by atoms with Crippen LogP contribution in [0.5, 0.6) is 0 Å². The van der Waals surface area contributed by atoms with Crippen molar-refractivity contribution < 1.29 is 13.2 Å². The Kier molecular flexibility index (Phi) is 6.76. The van der Waals surface area contributed by atoms with Crippen molar-refractivity contribution in [3.8, 4) is 0 Å². The molecule has 0 radical (unpaired) electrons. The van der Waals surface area contributed by atoms with Gasteiger partial charge in [0.25, 0.3) is 0 Å². The van der Waals surface area contributed by atoms with E-state index in [2.05, 4.69) is 25.6 Å². The van der Waals surface area contributed by atoms with Gasteiger partial charge in [-0.05, 0) is 17.7 Å². The SMILES string of the molecule is CN=C(NCCc1nc(C(F)(F)F)cs1)NCc1cc(N(C)C)nc2ccccc12. The zero-order valence-electron chi connectivity index (χ0n) is 16.9. The predicted molar refractivity (Wildman–Crippen MR) is 115 cm³/mol. The summed E-state index contributed by atoms with van der Waals surface area (Å²) < 4.78 is 37.9. The van der Waals surface area contributed by atoms with E-state index in [0.717, 1.165) is 39.0 Å². The number of halogens is 3. The molecule has 1 aromatic carbocycles. The number of aromatic nitrogens is 2. The Morgan fingerprint density at radius 1 is 1.17 bits per heavy atom. The molecule has 0 aliphatic heterocycles. The van der Waals surface area contributed by atoms with Crippen molar-refractivity contribution in [3.05, 3.63) is 52.0 Å². The fourth-order valence-electron chi connectivity index (χ4n) is 2.85. The van der Waals surface area contributed by atoms with Crippen LogP contribution in [0.25, 0.3) is 10.9 Å². The Balaban J connectivity index is 1.61. The van der Waals surface area contributed by atoms with E-state index < -0.39 is 11.9 Å². The Bertz CT molecular complexity index is 1030. The highest BCUT2D eigenvalue weighted by Crippen LogP contribution is 2.30. The van der Waals surface area contributed by atoms with Crippen LogP contribution in [-0.4, -0.2) is 43.6 Å². The van der Waals surface area contributed by atoms with Crippen LogP contribution in [0, 0.1) is 0 Å². The number of rotatable bonds is 6. The number of thiazole rings is 1. The first-order valence-corrected chi connectivity index (χ1v) is 10.2. The maximum Gasteiger partial charge on any atom is 0.434 e.